The first-order valence-electron chi connectivity index (χ1n) is 5.05. The Morgan fingerprint density at radius 1 is 1.20 bits per heavy atom. The van der Waals surface area contributed by atoms with Crippen LogP contribution in [-0.4, -0.2) is 18.4 Å². The third-order valence-electron chi connectivity index (χ3n) is 2.21. The fourth-order valence-electron chi connectivity index (χ4n) is 1.28. The largest absolute Gasteiger partial charge is 0.398 e. The summed E-state index contributed by atoms with van der Waals surface area (Å²) in [6.07, 6.45) is 1.39. The molecule has 0 unspecified atom stereocenters. The average Bonchev–Trinajstić information content (AvgIpc) is 2.36. The van der Waals surface area contributed by atoms with Crippen LogP contribution in [0.15, 0.2) is 43.0 Å². The highest BCUT2D eigenvalue weighted by molar-refractivity contribution is 9.11. The van der Waals surface area contributed by atoms with Crippen molar-refractivity contribution in [1.29, 1.82) is 0 Å². The Morgan fingerprint density at radius 2 is 1.90 bits per heavy atom. The van der Waals surface area contributed by atoms with Crippen LogP contribution in [0.1, 0.15) is 0 Å². The van der Waals surface area contributed by atoms with E-state index in [4.69, 9.17) is 5.73 Å². The second-order valence-electron chi connectivity index (χ2n) is 3.62. The molecule has 20 heavy (non-hydrogen) atoms. The molecular weight excluding hydrogens is 480 g/mol. The number of halogens is 3. The van der Waals surface area contributed by atoms with E-state index in [2.05, 4.69) is 62.5 Å². The van der Waals surface area contributed by atoms with Crippen LogP contribution in [0.4, 0.5) is 11.5 Å². The van der Waals surface area contributed by atoms with Gasteiger partial charge in [0.05, 0.1) is 11.1 Å². The molecule has 106 valence electrons. The summed E-state index contributed by atoms with van der Waals surface area (Å²) in [6.45, 7) is 0. The highest BCUT2D eigenvalue weighted by Crippen LogP contribution is 2.26. The summed E-state index contributed by atoms with van der Waals surface area (Å²) in [5.74, 6) is 0.0983. The fraction of sp³-hybridized carbons (Fsp3) is 0. The van der Waals surface area contributed by atoms with Crippen molar-refractivity contribution >= 4 is 69.3 Å². The summed E-state index contributed by atoms with van der Waals surface area (Å²) in [4.78, 5) is 8.01. The Kier molecular flexibility index (Phi) is 4.67. The Hall–Kier alpha value is -0.710. The molecule has 0 saturated carbocycles. The molecule has 6 nitrogen and oxygen atoms in total. The summed E-state index contributed by atoms with van der Waals surface area (Å²) in [5, 5.41) is 0. The van der Waals surface area contributed by atoms with Gasteiger partial charge in [-0.2, -0.15) is 0 Å². The van der Waals surface area contributed by atoms with Gasteiger partial charge in [-0.1, -0.05) is 0 Å². The van der Waals surface area contributed by atoms with Crippen molar-refractivity contribution in [2.24, 2.45) is 0 Å². The lowest BCUT2D eigenvalue weighted by Crippen LogP contribution is -2.15. The van der Waals surface area contributed by atoms with E-state index in [0.717, 1.165) is 0 Å². The van der Waals surface area contributed by atoms with Gasteiger partial charge in [-0.05, 0) is 66.0 Å². The first kappa shape index (κ1) is 15.7. The Balaban J connectivity index is 2.38. The van der Waals surface area contributed by atoms with E-state index in [1.165, 1.54) is 24.4 Å². The fourth-order valence-corrected chi connectivity index (χ4v) is 3.89. The standard InChI is InChI=1S/C10H7Br3N4O2S/c11-6-3-5(1-2-7(6)14)20(18,19)17-10-9(13)16-8(12)4-15-10/h1-4H,14H2,(H,15,17). The predicted octanol–water partition coefficient (Wildman–Crippen LogP) is 3.15. The molecular formula is C10H7Br3N4O2S. The number of benzene rings is 1. The third-order valence-corrected chi connectivity index (χ3v) is 5.17. The molecule has 0 radical (unpaired) electrons. The van der Waals surface area contributed by atoms with E-state index in [-0.39, 0.29) is 15.3 Å². The maximum atomic E-state index is 12.2. The SMILES string of the molecule is Nc1ccc(S(=O)(=O)Nc2ncc(Br)nc2Br)cc1Br. The van der Waals surface area contributed by atoms with Crippen molar-refractivity contribution in [3.63, 3.8) is 0 Å². The number of anilines is 2. The molecule has 3 N–H and O–H groups in total. The first-order chi connectivity index (χ1) is 9.29. The zero-order chi connectivity index (χ0) is 14.9. The van der Waals surface area contributed by atoms with Crippen LogP contribution in [0.5, 0.6) is 0 Å². The number of hydrogen-bond donors (Lipinski definition) is 2. The van der Waals surface area contributed by atoms with Crippen LogP contribution < -0.4 is 10.5 Å². The molecule has 0 saturated heterocycles. The molecule has 0 atom stereocenters. The maximum absolute atomic E-state index is 12.2. The van der Waals surface area contributed by atoms with Crippen molar-refractivity contribution < 1.29 is 8.42 Å². The minimum absolute atomic E-state index is 0.0650. The smallest absolute Gasteiger partial charge is 0.263 e. The van der Waals surface area contributed by atoms with E-state index < -0.39 is 10.0 Å². The minimum Gasteiger partial charge on any atom is -0.398 e. The Morgan fingerprint density at radius 3 is 2.50 bits per heavy atom. The van der Waals surface area contributed by atoms with Crippen LogP contribution >= 0.6 is 47.8 Å². The van der Waals surface area contributed by atoms with Gasteiger partial charge in [0, 0.05) is 10.2 Å². The molecule has 0 amide bonds. The second kappa shape index (κ2) is 5.96. The number of rotatable bonds is 3. The second-order valence-corrected chi connectivity index (χ2v) is 7.72. The minimum atomic E-state index is -3.77. The van der Waals surface area contributed by atoms with Crippen LogP contribution in [0.2, 0.25) is 0 Å². The number of nitrogens with zero attached hydrogens (tertiary/aromatic N) is 2. The lowest BCUT2D eigenvalue weighted by molar-refractivity contribution is 0.601. The number of nitrogens with two attached hydrogens (primary N) is 1. The Labute approximate surface area is 140 Å². The van der Waals surface area contributed by atoms with E-state index in [0.29, 0.717) is 14.8 Å². The number of hydrogen-bond acceptors (Lipinski definition) is 5. The normalized spacial score (nSPS) is 11.3. The van der Waals surface area contributed by atoms with Gasteiger partial charge in [0.2, 0.25) is 0 Å². The molecule has 0 bridgehead atoms. The van der Waals surface area contributed by atoms with Gasteiger partial charge in [0.1, 0.15) is 4.60 Å². The average molecular weight is 487 g/mol. The summed E-state index contributed by atoms with van der Waals surface area (Å²) in [5.41, 5.74) is 6.08. The molecule has 0 aliphatic heterocycles. The van der Waals surface area contributed by atoms with Crippen molar-refractivity contribution in [3.8, 4) is 0 Å². The highest BCUT2D eigenvalue weighted by atomic mass is 79.9. The molecule has 10 heteroatoms. The summed E-state index contributed by atoms with van der Waals surface area (Å²) in [6, 6.07) is 4.32. The van der Waals surface area contributed by atoms with Gasteiger partial charge in [-0.25, -0.2) is 18.4 Å². The summed E-state index contributed by atoms with van der Waals surface area (Å²) >= 11 is 9.46. The van der Waals surface area contributed by atoms with Crippen molar-refractivity contribution in [2.45, 2.75) is 4.90 Å². The number of nitrogen functional groups attached to an aromatic ring is 1. The monoisotopic (exact) mass is 484 g/mol. The number of nitrogens with one attached hydrogen (secondary N) is 1. The van der Waals surface area contributed by atoms with Gasteiger partial charge in [0.15, 0.2) is 10.4 Å². The lowest BCUT2D eigenvalue weighted by Gasteiger charge is -2.09. The van der Waals surface area contributed by atoms with Gasteiger partial charge < -0.3 is 5.73 Å². The topological polar surface area (TPSA) is 98.0 Å². The van der Waals surface area contributed by atoms with Gasteiger partial charge in [-0.15, -0.1) is 0 Å². The van der Waals surface area contributed by atoms with Crippen LogP contribution in [0.25, 0.3) is 0 Å². The molecule has 0 spiro atoms. The summed E-state index contributed by atoms with van der Waals surface area (Å²) in [7, 11) is -3.77. The highest BCUT2D eigenvalue weighted by Gasteiger charge is 2.18. The van der Waals surface area contributed by atoms with Crippen molar-refractivity contribution in [3.05, 3.63) is 38.1 Å². The Bertz CT molecular complexity index is 767. The maximum Gasteiger partial charge on any atom is 0.263 e. The molecule has 0 fully saturated rings. The van der Waals surface area contributed by atoms with E-state index in [1.54, 1.807) is 0 Å². The zero-order valence-corrected chi connectivity index (χ0v) is 15.2. The quantitative estimate of drug-likeness (QED) is 0.649. The lowest BCUT2D eigenvalue weighted by atomic mass is 10.3. The number of aromatic nitrogens is 2. The van der Waals surface area contributed by atoms with E-state index in [1.807, 2.05) is 0 Å². The van der Waals surface area contributed by atoms with Gasteiger partial charge in [0.25, 0.3) is 10.0 Å². The molecule has 1 heterocycles. The van der Waals surface area contributed by atoms with Gasteiger partial charge in [-0.3, -0.25) is 4.72 Å². The van der Waals surface area contributed by atoms with Crippen LogP contribution in [0.3, 0.4) is 0 Å². The molecule has 1 aromatic heterocycles. The molecule has 1 aromatic carbocycles. The molecule has 0 aliphatic carbocycles. The predicted molar refractivity (Wildman–Crippen MR) is 86.8 cm³/mol. The molecule has 2 rings (SSSR count). The zero-order valence-electron chi connectivity index (χ0n) is 9.64. The number of sulfonamides is 1. The van der Waals surface area contributed by atoms with Crippen LogP contribution in [0, 0.1) is 0 Å². The van der Waals surface area contributed by atoms with Crippen molar-refractivity contribution in [1.82, 2.24) is 9.97 Å². The third kappa shape index (κ3) is 3.48. The molecule has 2 aromatic rings. The molecule has 0 aliphatic rings. The van der Waals surface area contributed by atoms with Crippen molar-refractivity contribution in [2.75, 3.05) is 10.5 Å². The van der Waals surface area contributed by atoms with Crippen LogP contribution in [-0.2, 0) is 10.0 Å². The van der Waals surface area contributed by atoms with Gasteiger partial charge >= 0.3 is 0 Å². The van der Waals surface area contributed by atoms with E-state index in [9.17, 15) is 8.42 Å². The van der Waals surface area contributed by atoms with E-state index >= 15 is 0 Å². The first-order valence-corrected chi connectivity index (χ1v) is 8.92. The summed E-state index contributed by atoms with van der Waals surface area (Å²) < 4.78 is 28.1.